The monoisotopic (exact) mass is 390 g/mol. The quantitative estimate of drug-likeness (QED) is 0.287. The maximum atomic E-state index is 11.5. The number of rotatable bonds is 13. The molecule has 0 saturated heterocycles. The molecule has 0 fully saturated rings. The summed E-state index contributed by atoms with van der Waals surface area (Å²) in [7, 11) is 0. The van der Waals surface area contributed by atoms with Crippen molar-refractivity contribution < 1.29 is 23.7 Å². The summed E-state index contributed by atoms with van der Waals surface area (Å²) < 4.78 is 24.0. The molecular weight excluding hydrogens is 356 g/mol. The van der Waals surface area contributed by atoms with Gasteiger partial charge in [0.2, 0.25) is 24.1 Å². The van der Waals surface area contributed by atoms with Crippen molar-refractivity contribution in [3.8, 4) is 23.0 Å². The number of ether oxygens (including phenoxy) is 4. The second kappa shape index (κ2) is 10.6. The van der Waals surface area contributed by atoms with Gasteiger partial charge in [0.05, 0.1) is 5.56 Å². The molecule has 0 radical (unpaired) electrons. The van der Waals surface area contributed by atoms with Crippen molar-refractivity contribution in [3.63, 3.8) is 0 Å². The van der Waals surface area contributed by atoms with Gasteiger partial charge in [-0.1, -0.05) is 65.2 Å². The first-order valence-corrected chi connectivity index (χ1v) is 11.1. The van der Waals surface area contributed by atoms with Gasteiger partial charge in [-0.25, -0.2) is 0 Å². The number of aldehydes is 1. The third kappa shape index (κ3) is 5.12. The number of unbranched alkanes of at least 4 members (excludes halogenated alkanes) is 8. The number of benzene rings is 1. The molecule has 2 unspecified atom stereocenters. The maximum Gasteiger partial charge on any atom is 0.241 e. The fourth-order valence-corrected chi connectivity index (χ4v) is 3.78. The van der Waals surface area contributed by atoms with Gasteiger partial charge in [-0.2, -0.15) is 0 Å². The van der Waals surface area contributed by atoms with Crippen LogP contribution in [0, 0.1) is 0 Å². The maximum absolute atomic E-state index is 11.5. The van der Waals surface area contributed by atoms with E-state index in [2.05, 4.69) is 13.8 Å². The molecule has 0 spiro atoms. The number of carbonyl (C=O) groups excluding carboxylic acids is 1. The highest BCUT2D eigenvalue weighted by molar-refractivity contribution is 5.85. The lowest BCUT2D eigenvalue weighted by Crippen LogP contribution is -2.35. The van der Waals surface area contributed by atoms with Crippen LogP contribution in [0.3, 0.4) is 0 Å². The molecule has 0 amide bonds. The highest BCUT2D eigenvalue weighted by atomic mass is 16.7. The highest BCUT2D eigenvalue weighted by Gasteiger charge is 2.37. The first-order valence-electron chi connectivity index (χ1n) is 11.1. The average molecular weight is 391 g/mol. The van der Waals surface area contributed by atoms with Crippen molar-refractivity contribution in [2.24, 2.45) is 0 Å². The van der Waals surface area contributed by atoms with Gasteiger partial charge in [0, 0.05) is 12.8 Å². The van der Waals surface area contributed by atoms with Crippen molar-refractivity contribution in [2.45, 2.75) is 103 Å². The van der Waals surface area contributed by atoms with Gasteiger partial charge in [-0.05, 0) is 18.9 Å². The summed E-state index contributed by atoms with van der Waals surface area (Å²) in [4.78, 5) is 11.5. The summed E-state index contributed by atoms with van der Waals surface area (Å²) in [6.45, 7) is 4.42. The van der Waals surface area contributed by atoms with E-state index in [0.29, 0.717) is 28.6 Å². The van der Waals surface area contributed by atoms with Crippen LogP contribution in [0.15, 0.2) is 6.07 Å². The Labute approximate surface area is 168 Å². The van der Waals surface area contributed by atoms with Crippen LogP contribution in [0.5, 0.6) is 23.0 Å². The molecule has 2 heterocycles. The van der Waals surface area contributed by atoms with Crippen LogP contribution >= 0.6 is 0 Å². The Morgan fingerprint density at radius 2 is 1.25 bits per heavy atom. The smallest absolute Gasteiger partial charge is 0.241 e. The normalized spacial score (nSPS) is 19.2. The molecule has 3 rings (SSSR count). The Morgan fingerprint density at radius 1 is 0.714 bits per heavy atom. The summed E-state index contributed by atoms with van der Waals surface area (Å²) in [6.07, 6.45) is 13.6. The van der Waals surface area contributed by atoms with Crippen molar-refractivity contribution in [1.82, 2.24) is 0 Å². The molecule has 0 saturated carbocycles. The van der Waals surface area contributed by atoms with E-state index in [4.69, 9.17) is 18.9 Å². The second-order valence-electron chi connectivity index (χ2n) is 7.81. The van der Waals surface area contributed by atoms with Crippen LogP contribution in [0.2, 0.25) is 0 Å². The number of hydrogen-bond acceptors (Lipinski definition) is 5. The lowest BCUT2D eigenvalue weighted by Gasteiger charge is -2.36. The first kappa shape index (κ1) is 20.8. The molecule has 2 aliphatic heterocycles. The minimum Gasteiger partial charge on any atom is -0.451 e. The van der Waals surface area contributed by atoms with E-state index in [1.807, 2.05) is 0 Å². The molecule has 0 N–H and O–H groups in total. The molecule has 1 aromatic carbocycles. The molecule has 28 heavy (non-hydrogen) atoms. The van der Waals surface area contributed by atoms with Gasteiger partial charge >= 0.3 is 0 Å². The molecule has 5 heteroatoms. The van der Waals surface area contributed by atoms with Crippen molar-refractivity contribution in [1.29, 1.82) is 0 Å². The predicted molar refractivity (Wildman–Crippen MR) is 109 cm³/mol. The fourth-order valence-electron chi connectivity index (χ4n) is 3.78. The van der Waals surface area contributed by atoms with Gasteiger partial charge in [0.15, 0.2) is 17.8 Å². The molecule has 1 aromatic rings. The standard InChI is InChI=1S/C23H34O5/c1-3-5-7-9-11-13-19-25-18-15-17(16-24)21-23(28-19)22(18)27-20(26-21)14-12-10-8-6-4-2/h15-16,19-20H,3-14H2,1-2H3. The lowest BCUT2D eigenvalue weighted by molar-refractivity contribution is -0.0700. The van der Waals surface area contributed by atoms with E-state index >= 15 is 0 Å². The van der Waals surface area contributed by atoms with Gasteiger partial charge in [0.1, 0.15) is 0 Å². The second-order valence-corrected chi connectivity index (χ2v) is 7.81. The van der Waals surface area contributed by atoms with Gasteiger partial charge in [-0.15, -0.1) is 0 Å². The highest BCUT2D eigenvalue weighted by Crippen LogP contribution is 2.53. The third-order valence-corrected chi connectivity index (χ3v) is 5.41. The van der Waals surface area contributed by atoms with Crippen molar-refractivity contribution in [3.05, 3.63) is 11.6 Å². The predicted octanol–water partition coefficient (Wildman–Crippen LogP) is 6.41. The zero-order valence-electron chi connectivity index (χ0n) is 17.3. The summed E-state index contributed by atoms with van der Waals surface area (Å²) in [5.74, 6) is 2.24. The summed E-state index contributed by atoms with van der Waals surface area (Å²) in [5, 5.41) is 0. The molecule has 0 aromatic heterocycles. The van der Waals surface area contributed by atoms with E-state index in [1.54, 1.807) is 6.07 Å². The number of carbonyl (C=O) groups is 1. The Kier molecular flexibility index (Phi) is 7.87. The van der Waals surface area contributed by atoms with E-state index in [9.17, 15) is 4.79 Å². The molecule has 2 atom stereocenters. The summed E-state index contributed by atoms with van der Waals surface area (Å²) >= 11 is 0. The zero-order valence-corrected chi connectivity index (χ0v) is 17.3. The Balaban J connectivity index is 1.58. The van der Waals surface area contributed by atoms with Crippen LogP contribution in [-0.4, -0.2) is 18.9 Å². The van der Waals surface area contributed by atoms with Gasteiger partial charge in [0.25, 0.3) is 0 Å². The van der Waals surface area contributed by atoms with Crippen LogP contribution in [0.25, 0.3) is 0 Å². The molecule has 2 aliphatic rings. The lowest BCUT2D eigenvalue weighted by atomic mass is 10.1. The summed E-state index contributed by atoms with van der Waals surface area (Å²) in [6, 6.07) is 1.71. The first-order chi connectivity index (χ1) is 13.8. The molecular formula is C23H34O5. The molecule has 0 aliphatic carbocycles. The topological polar surface area (TPSA) is 54.0 Å². The Bertz CT molecular complexity index is 642. The Morgan fingerprint density at radius 3 is 1.86 bits per heavy atom. The van der Waals surface area contributed by atoms with Gasteiger partial charge < -0.3 is 18.9 Å². The van der Waals surface area contributed by atoms with Crippen molar-refractivity contribution in [2.75, 3.05) is 0 Å². The van der Waals surface area contributed by atoms with E-state index in [0.717, 1.165) is 32.0 Å². The molecule has 5 nitrogen and oxygen atoms in total. The zero-order chi connectivity index (χ0) is 19.8. The van der Waals surface area contributed by atoms with E-state index in [1.165, 1.54) is 51.4 Å². The van der Waals surface area contributed by atoms with Crippen LogP contribution in [0.4, 0.5) is 0 Å². The van der Waals surface area contributed by atoms with Crippen molar-refractivity contribution >= 4 is 6.29 Å². The fraction of sp³-hybridized carbons (Fsp3) is 0.696. The third-order valence-electron chi connectivity index (χ3n) is 5.41. The number of hydrogen-bond donors (Lipinski definition) is 0. The average Bonchev–Trinajstić information content (AvgIpc) is 2.69. The minimum absolute atomic E-state index is 0.340. The van der Waals surface area contributed by atoms with E-state index < -0.39 is 0 Å². The SMILES string of the molecule is CCCCCCCC1Oc2c(C=O)cc3c(c2OC(CCCCCCC)O3)O1. The van der Waals surface area contributed by atoms with E-state index in [-0.39, 0.29) is 12.6 Å². The molecule has 156 valence electrons. The minimum atomic E-state index is -0.383. The van der Waals surface area contributed by atoms with Crippen LogP contribution < -0.4 is 18.9 Å². The Hall–Kier alpha value is -1.91. The summed E-state index contributed by atoms with van der Waals surface area (Å²) in [5.41, 5.74) is 0.467. The van der Waals surface area contributed by atoms with Gasteiger partial charge in [-0.3, -0.25) is 4.79 Å². The molecule has 4 bridgehead atoms. The van der Waals surface area contributed by atoms with Crippen LogP contribution in [0.1, 0.15) is 101 Å². The largest absolute Gasteiger partial charge is 0.451 e. The van der Waals surface area contributed by atoms with Crippen LogP contribution in [-0.2, 0) is 0 Å².